The zero-order chi connectivity index (χ0) is 17.1. The highest BCUT2D eigenvalue weighted by atomic mass is 16.5. The molecule has 2 aromatic heterocycles. The van der Waals surface area contributed by atoms with Gasteiger partial charge >= 0.3 is 5.97 Å². The van der Waals surface area contributed by atoms with Gasteiger partial charge in [0.1, 0.15) is 11.9 Å². The molecule has 0 saturated heterocycles. The highest BCUT2D eigenvalue weighted by Crippen LogP contribution is 2.14. The van der Waals surface area contributed by atoms with Crippen LogP contribution in [0.4, 0.5) is 0 Å². The lowest BCUT2D eigenvalue weighted by atomic mass is 10.1. The number of hydrogen-bond acceptors (Lipinski definition) is 5. The number of aryl methyl sites for hydroxylation is 1. The van der Waals surface area contributed by atoms with E-state index in [4.69, 9.17) is 4.74 Å². The Balaban J connectivity index is 1.79. The van der Waals surface area contributed by atoms with Crippen LogP contribution in [0.2, 0.25) is 0 Å². The smallest absolute Gasteiger partial charge is 0.328 e. The van der Waals surface area contributed by atoms with Gasteiger partial charge in [-0.15, -0.1) is 0 Å². The van der Waals surface area contributed by atoms with Crippen molar-refractivity contribution in [1.82, 2.24) is 25.3 Å². The number of ether oxygens (including phenoxy) is 1. The van der Waals surface area contributed by atoms with E-state index in [1.54, 1.807) is 24.4 Å². The molecule has 0 unspecified atom stereocenters. The Morgan fingerprint density at radius 1 is 1.38 bits per heavy atom. The maximum absolute atomic E-state index is 12.5. The molecule has 0 radical (unpaired) electrons. The Hall–Kier alpha value is -3.16. The van der Waals surface area contributed by atoms with Crippen LogP contribution in [0.5, 0.6) is 0 Å². The van der Waals surface area contributed by atoms with Crippen molar-refractivity contribution in [3.8, 4) is 0 Å². The van der Waals surface area contributed by atoms with Gasteiger partial charge in [0.2, 0.25) is 0 Å². The van der Waals surface area contributed by atoms with Crippen LogP contribution in [0.1, 0.15) is 21.9 Å². The van der Waals surface area contributed by atoms with Gasteiger partial charge in [-0.05, 0) is 25.1 Å². The molecule has 2 heterocycles. The van der Waals surface area contributed by atoms with Crippen LogP contribution in [-0.2, 0) is 16.0 Å². The summed E-state index contributed by atoms with van der Waals surface area (Å²) in [5.74, 6) is -0.107. The number of imidazole rings is 2. The van der Waals surface area contributed by atoms with Crippen LogP contribution in [0.25, 0.3) is 11.0 Å². The zero-order valence-electron chi connectivity index (χ0n) is 13.3. The Labute approximate surface area is 137 Å². The number of carbonyl (C=O) groups is 2. The van der Waals surface area contributed by atoms with Crippen molar-refractivity contribution in [2.75, 3.05) is 7.11 Å². The van der Waals surface area contributed by atoms with Crippen molar-refractivity contribution in [1.29, 1.82) is 0 Å². The summed E-state index contributed by atoms with van der Waals surface area (Å²) in [7, 11) is 1.29. The fourth-order valence-electron chi connectivity index (χ4n) is 2.47. The number of esters is 1. The fourth-order valence-corrected chi connectivity index (χ4v) is 2.47. The van der Waals surface area contributed by atoms with Gasteiger partial charge in [0.05, 0.1) is 24.5 Å². The number of nitrogens with one attached hydrogen (secondary N) is 3. The molecule has 0 aliphatic carbocycles. The minimum Gasteiger partial charge on any atom is -0.467 e. The first kappa shape index (κ1) is 15.7. The number of methoxy groups -OCH3 is 1. The average Bonchev–Trinajstić information content (AvgIpc) is 3.20. The number of aromatic nitrogens is 4. The number of nitrogens with zero attached hydrogens (tertiary/aromatic N) is 2. The Bertz CT molecular complexity index is 869. The Morgan fingerprint density at radius 2 is 2.21 bits per heavy atom. The fraction of sp³-hybridized carbons (Fsp3) is 0.250. The Morgan fingerprint density at radius 3 is 2.92 bits per heavy atom. The van der Waals surface area contributed by atoms with Gasteiger partial charge in [0.15, 0.2) is 0 Å². The number of amides is 1. The van der Waals surface area contributed by atoms with E-state index in [0.717, 1.165) is 22.6 Å². The van der Waals surface area contributed by atoms with E-state index in [-0.39, 0.29) is 12.3 Å². The minimum atomic E-state index is -0.804. The van der Waals surface area contributed by atoms with E-state index < -0.39 is 12.0 Å². The highest BCUT2D eigenvalue weighted by molar-refractivity contribution is 5.99. The van der Waals surface area contributed by atoms with Crippen LogP contribution in [0, 0.1) is 6.92 Å². The van der Waals surface area contributed by atoms with E-state index in [2.05, 4.69) is 25.3 Å². The van der Waals surface area contributed by atoms with Gasteiger partial charge in [-0.25, -0.2) is 14.8 Å². The first-order chi connectivity index (χ1) is 11.6. The molecule has 1 aromatic carbocycles. The third kappa shape index (κ3) is 3.27. The van der Waals surface area contributed by atoms with E-state index in [0.29, 0.717) is 5.56 Å². The molecule has 24 heavy (non-hydrogen) atoms. The van der Waals surface area contributed by atoms with Crippen molar-refractivity contribution in [3.05, 3.63) is 47.8 Å². The van der Waals surface area contributed by atoms with Gasteiger partial charge < -0.3 is 20.0 Å². The molecule has 124 valence electrons. The third-order valence-corrected chi connectivity index (χ3v) is 3.63. The van der Waals surface area contributed by atoms with Crippen molar-refractivity contribution in [3.63, 3.8) is 0 Å². The van der Waals surface area contributed by atoms with Crippen LogP contribution < -0.4 is 5.32 Å². The van der Waals surface area contributed by atoms with Gasteiger partial charge in [0, 0.05) is 23.9 Å². The van der Waals surface area contributed by atoms with E-state index in [9.17, 15) is 9.59 Å². The monoisotopic (exact) mass is 327 g/mol. The summed E-state index contributed by atoms with van der Waals surface area (Å²) in [6.07, 6.45) is 3.38. The van der Waals surface area contributed by atoms with E-state index in [1.807, 2.05) is 6.92 Å². The topological polar surface area (TPSA) is 113 Å². The summed E-state index contributed by atoms with van der Waals surface area (Å²) in [5.41, 5.74) is 2.71. The van der Waals surface area contributed by atoms with Gasteiger partial charge in [0.25, 0.3) is 5.91 Å². The lowest BCUT2D eigenvalue weighted by molar-refractivity contribution is -0.142. The van der Waals surface area contributed by atoms with E-state index >= 15 is 0 Å². The highest BCUT2D eigenvalue weighted by Gasteiger charge is 2.23. The van der Waals surface area contributed by atoms with Gasteiger partial charge in [-0.1, -0.05) is 0 Å². The first-order valence-electron chi connectivity index (χ1n) is 7.39. The summed E-state index contributed by atoms with van der Waals surface area (Å²) in [4.78, 5) is 38.6. The largest absolute Gasteiger partial charge is 0.467 e. The maximum Gasteiger partial charge on any atom is 0.328 e. The second-order valence-electron chi connectivity index (χ2n) is 5.38. The number of H-pyrrole nitrogens is 2. The predicted molar refractivity (Wildman–Crippen MR) is 86.4 cm³/mol. The molecule has 8 nitrogen and oxygen atoms in total. The molecule has 3 rings (SSSR count). The SMILES string of the molecule is COC(=O)[C@H](Cc1cnc[nH]1)NC(=O)c1ccc2nc(C)[nH]c2c1. The molecule has 0 bridgehead atoms. The van der Waals surface area contributed by atoms with Crippen LogP contribution >= 0.6 is 0 Å². The molecule has 1 amide bonds. The van der Waals surface area contributed by atoms with Crippen LogP contribution in [-0.4, -0.2) is 45.0 Å². The molecule has 3 N–H and O–H groups in total. The molecular weight excluding hydrogens is 310 g/mol. The Kier molecular flexibility index (Phi) is 4.28. The summed E-state index contributed by atoms with van der Waals surface area (Å²) < 4.78 is 4.77. The second kappa shape index (κ2) is 6.53. The molecule has 0 aliphatic heterocycles. The number of rotatable bonds is 5. The van der Waals surface area contributed by atoms with Crippen LogP contribution in [0.15, 0.2) is 30.7 Å². The molecule has 0 aliphatic rings. The average molecular weight is 327 g/mol. The second-order valence-corrected chi connectivity index (χ2v) is 5.38. The summed E-state index contributed by atoms with van der Waals surface area (Å²) in [6.45, 7) is 1.84. The molecule has 0 saturated carbocycles. The van der Waals surface area contributed by atoms with Gasteiger partial charge in [-0.3, -0.25) is 4.79 Å². The van der Waals surface area contributed by atoms with Crippen molar-refractivity contribution in [2.45, 2.75) is 19.4 Å². The zero-order valence-corrected chi connectivity index (χ0v) is 13.3. The molecule has 1 atom stereocenters. The number of aromatic amines is 2. The first-order valence-corrected chi connectivity index (χ1v) is 7.39. The molecule has 0 spiro atoms. The molecule has 8 heteroatoms. The number of benzene rings is 1. The number of carbonyl (C=O) groups excluding carboxylic acids is 2. The van der Waals surface area contributed by atoms with Crippen molar-refractivity contribution >= 4 is 22.9 Å². The van der Waals surface area contributed by atoms with E-state index in [1.165, 1.54) is 13.4 Å². The molecule has 0 fully saturated rings. The standard InChI is InChI=1S/C16H17N5O3/c1-9-19-12-4-3-10(5-13(12)20-9)15(22)21-14(16(23)24-2)6-11-7-17-8-18-11/h3-5,7-8,14H,6H2,1-2H3,(H,17,18)(H,19,20)(H,21,22)/t14-/m0/s1. The van der Waals surface area contributed by atoms with Gasteiger partial charge in [-0.2, -0.15) is 0 Å². The summed E-state index contributed by atoms with van der Waals surface area (Å²) >= 11 is 0. The lowest BCUT2D eigenvalue weighted by Crippen LogP contribution is -2.43. The lowest BCUT2D eigenvalue weighted by Gasteiger charge is -2.15. The normalized spacial score (nSPS) is 12.1. The van der Waals surface area contributed by atoms with Crippen molar-refractivity contribution < 1.29 is 14.3 Å². The molecule has 3 aromatic rings. The minimum absolute atomic E-state index is 0.268. The van der Waals surface area contributed by atoms with Crippen molar-refractivity contribution in [2.24, 2.45) is 0 Å². The summed E-state index contributed by atoms with van der Waals surface area (Å²) in [6, 6.07) is 4.33. The third-order valence-electron chi connectivity index (χ3n) is 3.63. The maximum atomic E-state index is 12.5. The summed E-state index contributed by atoms with van der Waals surface area (Å²) in [5, 5.41) is 2.70. The number of hydrogen-bond donors (Lipinski definition) is 3. The van der Waals surface area contributed by atoms with Crippen LogP contribution in [0.3, 0.4) is 0 Å². The molecular formula is C16H17N5O3. The predicted octanol–water partition coefficient (Wildman–Crippen LogP) is 1.11. The quantitative estimate of drug-likeness (QED) is 0.608. The number of fused-ring (bicyclic) bond motifs is 1.